The Morgan fingerprint density at radius 3 is 2.53 bits per heavy atom. The van der Waals surface area contributed by atoms with Crippen LogP contribution in [0.4, 0.5) is 0 Å². The zero-order chi connectivity index (χ0) is 12.3. The van der Waals surface area contributed by atoms with Gasteiger partial charge >= 0.3 is 0 Å². The SMILES string of the molecule is CN1CCN(C)C(c2ccccc2)CCC1=O. The van der Waals surface area contributed by atoms with E-state index >= 15 is 0 Å². The summed E-state index contributed by atoms with van der Waals surface area (Å²) in [6.07, 6.45) is 1.55. The Labute approximate surface area is 103 Å². The van der Waals surface area contributed by atoms with Crippen molar-refractivity contribution in [3.63, 3.8) is 0 Å². The van der Waals surface area contributed by atoms with E-state index in [1.54, 1.807) is 0 Å². The smallest absolute Gasteiger partial charge is 0.222 e. The molecule has 0 bridgehead atoms. The molecule has 1 aromatic carbocycles. The molecule has 0 N–H and O–H groups in total. The lowest BCUT2D eigenvalue weighted by Gasteiger charge is -2.33. The molecule has 1 heterocycles. The normalized spacial score (nSPS) is 23.3. The second-order valence-electron chi connectivity index (χ2n) is 4.76. The molecule has 1 fully saturated rings. The molecule has 0 saturated carbocycles. The lowest BCUT2D eigenvalue weighted by molar-refractivity contribution is -0.131. The number of hydrogen-bond acceptors (Lipinski definition) is 2. The first-order valence-electron chi connectivity index (χ1n) is 6.17. The quantitative estimate of drug-likeness (QED) is 0.738. The molecule has 1 amide bonds. The molecule has 3 nitrogen and oxygen atoms in total. The number of benzene rings is 1. The number of carbonyl (C=O) groups is 1. The van der Waals surface area contributed by atoms with Crippen LogP contribution in [0.3, 0.4) is 0 Å². The molecule has 1 aromatic rings. The molecule has 1 saturated heterocycles. The molecule has 3 heteroatoms. The minimum Gasteiger partial charge on any atom is -0.344 e. The van der Waals surface area contributed by atoms with Crippen molar-refractivity contribution >= 4 is 5.91 Å². The van der Waals surface area contributed by atoms with Crippen molar-refractivity contribution in [2.24, 2.45) is 0 Å². The molecule has 0 aromatic heterocycles. The fourth-order valence-electron chi connectivity index (χ4n) is 2.36. The summed E-state index contributed by atoms with van der Waals surface area (Å²) in [7, 11) is 4.03. The Balaban J connectivity index is 2.14. The van der Waals surface area contributed by atoms with Gasteiger partial charge in [0.25, 0.3) is 0 Å². The van der Waals surface area contributed by atoms with Crippen molar-refractivity contribution in [3.05, 3.63) is 35.9 Å². The summed E-state index contributed by atoms with van der Waals surface area (Å²) >= 11 is 0. The number of amides is 1. The Hall–Kier alpha value is -1.35. The van der Waals surface area contributed by atoms with E-state index in [0.717, 1.165) is 19.5 Å². The highest BCUT2D eigenvalue weighted by atomic mass is 16.2. The van der Waals surface area contributed by atoms with Crippen LogP contribution in [0.25, 0.3) is 0 Å². The number of rotatable bonds is 1. The highest BCUT2D eigenvalue weighted by Gasteiger charge is 2.22. The van der Waals surface area contributed by atoms with Crippen molar-refractivity contribution in [2.45, 2.75) is 18.9 Å². The van der Waals surface area contributed by atoms with Crippen molar-refractivity contribution in [3.8, 4) is 0 Å². The highest BCUT2D eigenvalue weighted by Crippen LogP contribution is 2.25. The van der Waals surface area contributed by atoms with Crippen LogP contribution in [0.15, 0.2) is 30.3 Å². The summed E-state index contributed by atoms with van der Waals surface area (Å²) in [6, 6.07) is 10.8. The molecule has 92 valence electrons. The van der Waals surface area contributed by atoms with Crippen molar-refractivity contribution in [2.75, 3.05) is 27.2 Å². The Morgan fingerprint density at radius 1 is 1.12 bits per heavy atom. The number of hydrogen-bond donors (Lipinski definition) is 0. The largest absolute Gasteiger partial charge is 0.344 e. The van der Waals surface area contributed by atoms with E-state index in [-0.39, 0.29) is 5.91 Å². The first-order chi connectivity index (χ1) is 8.18. The minimum atomic E-state index is 0.263. The molecule has 1 aliphatic rings. The Bertz CT molecular complexity index is 377. The molecule has 17 heavy (non-hydrogen) atoms. The van der Waals surface area contributed by atoms with Crippen LogP contribution >= 0.6 is 0 Å². The van der Waals surface area contributed by atoms with Gasteiger partial charge in [-0.2, -0.15) is 0 Å². The first-order valence-corrected chi connectivity index (χ1v) is 6.17. The second kappa shape index (κ2) is 5.32. The maximum absolute atomic E-state index is 11.8. The van der Waals surface area contributed by atoms with E-state index in [9.17, 15) is 4.79 Å². The summed E-state index contributed by atoms with van der Waals surface area (Å²) in [6.45, 7) is 1.75. The van der Waals surface area contributed by atoms with Crippen LogP contribution in [-0.4, -0.2) is 42.9 Å². The average Bonchev–Trinajstić information content (AvgIpc) is 2.36. The lowest BCUT2D eigenvalue weighted by Crippen LogP contribution is -2.39. The first kappa shape index (κ1) is 12.1. The van der Waals surface area contributed by atoms with Gasteiger partial charge in [0, 0.05) is 32.6 Å². The van der Waals surface area contributed by atoms with Gasteiger partial charge < -0.3 is 4.90 Å². The standard InChI is InChI=1S/C14H20N2O/c1-15-10-11-16(2)14(17)9-8-13(15)12-6-4-3-5-7-12/h3-7,13H,8-11H2,1-2H3. The molecule has 1 aliphatic heterocycles. The van der Waals surface area contributed by atoms with E-state index in [4.69, 9.17) is 0 Å². The molecule has 0 spiro atoms. The summed E-state index contributed by atoms with van der Waals surface area (Å²) in [5.74, 6) is 0.263. The van der Waals surface area contributed by atoms with E-state index in [0.29, 0.717) is 12.5 Å². The topological polar surface area (TPSA) is 23.6 Å². The van der Waals surface area contributed by atoms with Gasteiger partial charge in [0.05, 0.1) is 0 Å². The van der Waals surface area contributed by atoms with Crippen LogP contribution in [0.1, 0.15) is 24.4 Å². The third-order valence-electron chi connectivity index (χ3n) is 3.56. The maximum atomic E-state index is 11.8. The van der Waals surface area contributed by atoms with Crippen LogP contribution in [0, 0.1) is 0 Å². The van der Waals surface area contributed by atoms with Crippen LogP contribution in [0.2, 0.25) is 0 Å². The van der Waals surface area contributed by atoms with E-state index in [1.165, 1.54) is 5.56 Å². The molecule has 1 unspecified atom stereocenters. The second-order valence-corrected chi connectivity index (χ2v) is 4.76. The van der Waals surface area contributed by atoms with Gasteiger partial charge in [0.1, 0.15) is 0 Å². The van der Waals surface area contributed by atoms with Crippen molar-refractivity contribution < 1.29 is 4.79 Å². The molecule has 2 rings (SSSR count). The van der Waals surface area contributed by atoms with Crippen LogP contribution < -0.4 is 0 Å². The summed E-state index contributed by atoms with van der Waals surface area (Å²) in [4.78, 5) is 15.9. The van der Waals surface area contributed by atoms with Gasteiger partial charge in [0.2, 0.25) is 5.91 Å². The fourth-order valence-corrected chi connectivity index (χ4v) is 2.36. The Kier molecular flexibility index (Phi) is 3.79. The monoisotopic (exact) mass is 232 g/mol. The van der Waals surface area contributed by atoms with Crippen molar-refractivity contribution in [1.82, 2.24) is 9.80 Å². The molecule has 0 radical (unpaired) electrons. The fraction of sp³-hybridized carbons (Fsp3) is 0.500. The predicted octanol–water partition coefficient (Wildman–Crippen LogP) is 1.91. The predicted molar refractivity (Wildman–Crippen MR) is 68.7 cm³/mol. The summed E-state index contributed by atoms with van der Waals surface area (Å²) in [5, 5.41) is 0. The van der Waals surface area contributed by atoms with Gasteiger partial charge in [-0.15, -0.1) is 0 Å². The molecule has 1 atom stereocenters. The highest BCUT2D eigenvalue weighted by molar-refractivity contribution is 5.76. The van der Waals surface area contributed by atoms with E-state index in [2.05, 4.69) is 36.2 Å². The van der Waals surface area contributed by atoms with Crippen LogP contribution in [0.5, 0.6) is 0 Å². The third kappa shape index (κ3) is 2.86. The molecular formula is C14H20N2O. The van der Waals surface area contributed by atoms with E-state index < -0.39 is 0 Å². The molecule has 0 aliphatic carbocycles. The van der Waals surface area contributed by atoms with Gasteiger partial charge in [-0.1, -0.05) is 30.3 Å². The number of nitrogens with zero attached hydrogens (tertiary/aromatic N) is 2. The molecular weight excluding hydrogens is 212 g/mol. The van der Waals surface area contributed by atoms with Crippen LogP contribution in [-0.2, 0) is 4.79 Å². The number of carbonyl (C=O) groups excluding carboxylic acids is 1. The number of likely N-dealkylation sites (N-methyl/N-ethyl adjacent to an activating group) is 2. The average molecular weight is 232 g/mol. The zero-order valence-corrected chi connectivity index (χ0v) is 10.6. The van der Waals surface area contributed by atoms with Gasteiger partial charge in [-0.25, -0.2) is 0 Å². The maximum Gasteiger partial charge on any atom is 0.222 e. The summed E-state index contributed by atoms with van der Waals surface area (Å²) in [5.41, 5.74) is 1.31. The zero-order valence-electron chi connectivity index (χ0n) is 10.6. The van der Waals surface area contributed by atoms with E-state index in [1.807, 2.05) is 18.0 Å². The lowest BCUT2D eigenvalue weighted by atomic mass is 9.99. The third-order valence-corrected chi connectivity index (χ3v) is 3.56. The van der Waals surface area contributed by atoms with Gasteiger partial charge in [-0.3, -0.25) is 9.69 Å². The van der Waals surface area contributed by atoms with Gasteiger partial charge in [0.15, 0.2) is 0 Å². The summed E-state index contributed by atoms with van der Waals surface area (Å²) < 4.78 is 0. The minimum absolute atomic E-state index is 0.263. The van der Waals surface area contributed by atoms with Crippen molar-refractivity contribution in [1.29, 1.82) is 0 Å². The van der Waals surface area contributed by atoms with Gasteiger partial charge in [-0.05, 0) is 19.0 Å². The Morgan fingerprint density at radius 2 is 1.82 bits per heavy atom.